The Hall–Kier alpha value is -2.24. The normalized spacial score (nSPS) is 16.8. The van der Waals surface area contributed by atoms with Gasteiger partial charge in [-0.2, -0.15) is 0 Å². The standard InChI is InChI=1S/C19H24N4O/c20-18(17-6-2-1-3-7-17)19(24)23-13-11-22(12-14-23)10-8-16-5-4-9-21-15-16/h1-7,9,15,18H,8,10-14,20H2/t18-/m1/s1. The summed E-state index contributed by atoms with van der Waals surface area (Å²) < 4.78 is 0. The Morgan fingerprint density at radius 2 is 1.83 bits per heavy atom. The van der Waals surface area contributed by atoms with Gasteiger partial charge >= 0.3 is 0 Å². The molecular weight excluding hydrogens is 300 g/mol. The number of nitrogens with two attached hydrogens (primary N) is 1. The third-order valence-electron chi connectivity index (χ3n) is 4.55. The fourth-order valence-electron chi connectivity index (χ4n) is 3.02. The predicted octanol–water partition coefficient (Wildman–Crippen LogP) is 1.47. The first-order chi connectivity index (χ1) is 11.7. The molecule has 3 rings (SSSR count). The molecule has 1 aliphatic rings. The number of nitrogens with zero attached hydrogens (tertiary/aromatic N) is 3. The lowest BCUT2D eigenvalue weighted by Gasteiger charge is -2.36. The number of hydrogen-bond donors (Lipinski definition) is 1. The minimum absolute atomic E-state index is 0.0214. The van der Waals surface area contributed by atoms with E-state index >= 15 is 0 Å². The largest absolute Gasteiger partial charge is 0.338 e. The number of rotatable bonds is 5. The van der Waals surface area contributed by atoms with E-state index in [2.05, 4.69) is 16.0 Å². The summed E-state index contributed by atoms with van der Waals surface area (Å²) in [4.78, 5) is 21.0. The Bertz CT molecular complexity index is 639. The molecule has 24 heavy (non-hydrogen) atoms. The highest BCUT2D eigenvalue weighted by molar-refractivity contribution is 5.83. The van der Waals surface area contributed by atoms with Gasteiger partial charge in [0.15, 0.2) is 0 Å². The van der Waals surface area contributed by atoms with E-state index in [9.17, 15) is 4.79 Å². The van der Waals surface area contributed by atoms with E-state index in [1.54, 1.807) is 6.20 Å². The van der Waals surface area contributed by atoms with Gasteiger partial charge in [0, 0.05) is 45.1 Å². The SMILES string of the molecule is N[C@@H](C(=O)N1CCN(CCc2cccnc2)CC1)c1ccccc1. The van der Waals surface area contributed by atoms with Crippen molar-refractivity contribution in [2.45, 2.75) is 12.5 Å². The number of pyridine rings is 1. The van der Waals surface area contributed by atoms with Gasteiger partial charge in [0.25, 0.3) is 0 Å². The fraction of sp³-hybridized carbons (Fsp3) is 0.368. The molecule has 5 heteroatoms. The van der Waals surface area contributed by atoms with Crippen molar-refractivity contribution in [3.05, 3.63) is 66.0 Å². The monoisotopic (exact) mass is 324 g/mol. The van der Waals surface area contributed by atoms with Crippen LogP contribution in [0.15, 0.2) is 54.9 Å². The number of piperazine rings is 1. The molecule has 0 saturated carbocycles. The first kappa shape index (κ1) is 16.6. The zero-order chi connectivity index (χ0) is 16.8. The predicted molar refractivity (Wildman–Crippen MR) is 94.3 cm³/mol. The van der Waals surface area contributed by atoms with Gasteiger partial charge in [0.1, 0.15) is 6.04 Å². The molecule has 126 valence electrons. The lowest BCUT2D eigenvalue weighted by molar-refractivity contribution is -0.134. The van der Waals surface area contributed by atoms with E-state index in [0.717, 1.165) is 44.7 Å². The van der Waals surface area contributed by atoms with Crippen LogP contribution < -0.4 is 5.73 Å². The summed E-state index contributed by atoms with van der Waals surface area (Å²) in [5, 5.41) is 0. The lowest BCUT2D eigenvalue weighted by atomic mass is 10.1. The van der Waals surface area contributed by atoms with Crippen LogP contribution in [0.5, 0.6) is 0 Å². The smallest absolute Gasteiger partial charge is 0.244 e. The highest BCUT2D eigenvalue weighted by atomic mass is 16.2. The second kappa shape index (κ2) is 8.04. The van der Waals surface area contributed by atoms with Crippen LogP contribution in [0.25, 0.3) is 0 Å². The van der Waals surface area contributed by atoms with Gasteiger partial charge in [-0.05, 0) is 23.6 Å². The minimum atomic E-state index is -0.562. The van der Waals surface area contributed by atoms with E-state index in [4.69, 9.17) is 5.73 Å². The maximum absolute atomic E-state index is 12.6. The third-order valence-corrected chi connectivity index (χ3v) is 4.55. The average molecular weight is 324 g/mol. The van der Waals surface area contributed by atoms with E-state index in [-0.39, 0.29) is 5.91 Å². The minimum Gasteiger partial charge on any atom is -0.338 e. The topological polar surface area (TPSA) is 62.5 Å². The third kappa shape index (κ3) is 4.19. The number of benzene rings is 1. The Labute approximate surface area is 143 Å². The molecule has 1 saturated heterocycles. The summed E-state index contributed by atoms with van der Waals surface area (Å²) in [5.41, 5.74) is 8.26. The van der Waals surface area contributed by atoms with Crippen LogP contribution in [0, 0.1) is 0 Å². The quantitative estimate of drug-likeness (QED) is 0.905. The highest BCUT2D eigenvalue weighted by Crippen LogP contribution is 2.14. The van der Waals surface area contributed by atoms with Crippen molar-refractivity contribution in [2.24, 2.45) is 5.73 Å². The molecule has 1 fully saturated rings. The Balaban J connectivity index is 1.47. The Morgan fingerprint density at radius 3 is 2.50 bits per heavy atom. The first-order valence-electron chi connectivity index (χ1n) is 8.44. The summed E-state index contributed by atoms with van der Waals surface area (Å²) >= 11 is 0. The molecule has 1 aliphatic heterocycles. The maximum atomic E-state index is 12.6. The van der Waals surface area contributed by atoms with Crippen molar-refractivity contribution in [3.8, 4) is 0 Å². The molecule has 0 bridgehead atoms. The van der Waals surface area contributed by atoms with Gasteiger partial charge in [-0.25, -0.2) is 0 Å². The molecule has 0 aliphatic carbocycles. The molecule has 2 heterocycles. The van der Waals surface area contributed by atoms with Crippen LogP contribution in [0.3, 0.4) is 0 Å². The fourth-order valence-corrected chi connectivity index (χ4v) is 3.02. The van der Waals surface area contributed by atoms with E-state index in [1.807, 2.05) is 47.5 Å². The molecule has 0 unspecified atom stereocenters. The van der Waals surface area contributed by atoms with Gasteiger partial charge in [-0.1, -0.05) is 36.4 Å². The van der Waals surface area contributed by atoms with Crippen molar-refractivity contribution >= 4 is 5.91 Å². The molecule has 2 aromatic rings. The highest BCUT2D eigenvalue weighted by Gasteiger charge is 2.25. The molecule has 0 spiro atoms. The average Bonchev–Trinajstić information content (AvgIpc) is 2.67. The lowest BCUT2D eigenvalue weighted by Crippen LogP contribution is -2.51. The van der Waals surface area contributed by atoms with Crippen LogP contribution in [0.4, 0.5) is 0 Å². The molecule has 5 nitrogen and oxygen atoms in total. The maximum Gasteiger partial charge on any atom is 0.244 e. The molecule has 1 aromatic carbocycles. The second-order valence-electron chi connectivity index (χ2n) is 6.17. The van der Waals surface area contributed by atoms with E-state index in [0.29, 0.717) is 0 Å². The Kier molecular flexibility index (Phi) is 5.56. The van der Waals surface area contributed by atoms with E-state index < -0.39 is 6.04 Å². The van der Waals surface area contributed by atoms with Gasteiger partial charge in [0.2, 0.25) is 5.91 Å². The molecule has 0 radical (unpaired) electrons. The van der Waals surface area contributed by atoms with Gasteiger partial charge < -0.3 is 10.6 Å². The number of aromatic nitrogens is 1. The first-order valence-corrected chi connectivity index (χ1v) is 8.44. The van der Waals surface area contributed by atoms with Crippen LogP contribution in [0.1, 0.15) is 17.2 Å². The molecule has 1 atom stereocenters. The van der Waals surface area contributed by atoms with Crippen LogP contribution in [0.2, 0.25) is 0 Å². The number of hydrogen-bond acceptors (Lipinski definition) is 4. The number of carbonyl (C=O) groups excluding carboxylic acids is 1. The summed E-state index contributed by atoms with van der Waals surface area (Å²) in [7, 11) is 0. The van der Waals surface area contributed by atoms with Gasteiger partial charge in [-0.15, -0.1) is 0 Å². The van der Waals surface area contributed by atoms with Crippen LogP contribution in [-0.4, -0.2) is 53.4 Å². The van der Waals surface area contributed by atoms with Crippen LogP contribution >= 0.6 is 0 Å². The summed E-state index contributed by atoms with van der Waals surface area (Å²) in [6, 6.07) is 13.1. The van der Waals surface area contributed by atoms with Crippen molar-refractivity contribution in [1.82, 2.24) is 14.8 Å². The second-order valence-corrected chi connectivity index (χ2v) is 6.17. The van der Waals surface area contributed by atoms with Crippen molar-refractivity contribution in [2.75, 3.05) is 32.7 Å². The zero-order valence-corrected chi connectivity index (χ0v) is 13.8. The van der Waals surface area contributed by atoms with Crippen molar-refractivity contribution in [1.29, 1.82) is 0 Å². The van der Waals surface area contributed by atoms with Crippen LogP contribution in [-0.2, 0) is 11.2 Å². The molecular formula is C19H24N4O. The summed E-state index contributed by atoms with van der Waals surface area (Å²) in [5.74, 6) is 0.0214. The number of amides is 1. The zero-order valence-electron chi connectivity index (χ0n) is 13.8. The summed E-state index contributed by atoms with van der Waals surface area (Å²) in [6.45, 7) is 4.28. The van der Waals surface area contributed by atoms with E-state index in [1.165, 1.54) is 5.56 Å². The molecule has 1 aromatic heterocycles. The number of carbonyl (C=O) groups is 1. The van der Waals surface area contributed by atoms with Crippen molar-refractivity contribution in [3.63, 3.8) is 0 Å². The molecule has 1 amide bonds. The Morgan fingerprint density at radius 1 is 1.08 bits per heavy atom. The van der Waals surface area contributed by atoms with Crippen molar-refractivity contribution < 1.29 is 4.79 Å². The summed E-state index contributed by atoms with van der Waals surface area (Å²) in [6.07, 6.45) is 4.70. The molecule has 2 N–H and O–H groups in total. The van der Waals surface area contributed by atoms with Gasteiger partial charge in [-0.3, -0.25) is 14.7 Å². The van der Waals surface area contributed by atoms with Gasteiger partial charge in [0.05, 0.1) is 0 Å².